The summed E-state index contributed by atoms with van der Waals surface area (Å²) in [6.07, 6.45) is 3.98. The van der Waals surface area contributed by atoms with Crippen LogP contribution >= 0.6 is 27.5 Å². The number of methoxy groups -OCH3 is 1. The zero-order valence-corrected chi connectivity index (χ0v) is 21.2. The highest BCUT2D eigenvalue weighted by atomic mass is 79.9. The third-order valence-electron chi connectivity index (χ3n) is 5.77. The molecule has 4 nitrogen and oxygen atoms in total. The van der Waals surface area contributed by atoms with E-state index in [1.54, 1.807) is 25.4 Å². The summed E-state index contributed by atoms with van der Waals surface area (Å²) in [5, 5.41) is 0.629. The van der Waals surface area contributed by atoms with Crippen molar-refractivity contribution in [3.63, 3.8) is 0 Å². The second-order valence-corrected chi connectivity index (χ2v) is 9.38. The van der Waals surface area contributed by atoms with Crippen LogP contribution in [-0.4, -0.2) is 49.3 Å². The number of ether oxygens (including phenoxy) is 2. The number of likely N-dealkylation sites (tertiary alicyclic amines) is 1. The van der Waals surface area contributed by atoms with E-state index in [1.165, 1.54) is 18.9 Å². The average Bonchev–Trinajstić information content (AvgIpc) is 3.27. The Morgan fingerprint density at radius 2 is 1.97 bits per heavy atom. The molecule has 0 unspecified atom stereocenters. The van der Waals surface area contributed by atoms with E-state index in [4.69, 9.17) is 21.1 Å². The van der Waals surface area contributed by atoms with Gasteiger partial charge in [-0.3, -0.25) is 4.90 Å². The van der Waals surface area contributed by atoms with Gasteiger partial charge >= 0.3 is 0 Å². The predicted octanol–water partition coefficient (Wildman–Crippen LogP) is 6.19. The van der Waals surface area contributed by atoms with Crippen molar-refractivity contribution >= 4 is 27.5 Å². The van der Waals surface area contributed by atoms with E-state index in [0.717, 1.165) is 41.0 Å². The molecule has 34 heavy (non-hydrogen) atoms. The van der Waals surface area contributed by atoms with E-state index in [9.17, 15) is 4.39 Å². The maximum Gasteiger partial charge on any atom is 0.158 e. The molecule has 176 valence electrons. The highest BCUT2D eigenvalue weighted by Gasteiger charge is 2.23. The molecule has 1 fully saturated rings. The van der Waals surface area contributed by atoms with Crippen LogP contribution in [0.2, 0.25) is 5.02 Å². The summed E-state index contributed by atoms with van der Waals surface area (Å²) >= 11 is 9.47. The number of rotatable bonds is 7. The molecule has 1 aromatic heterocycles. The van der Waals surface area contributed by atoms with Crippen molar-refractivity contribution in [2.75, 3.05) is 33.4 Å². The summed E-state index contributed by atoms with van der Waals surface area (Å²) in [6, 6.07) is 14.7. The van der Waals surface area contributed by atoms with E-state index in [1.807, 2.05) is 30.3 Å². The van der Waals surface area contributed by atoms with E-state index >= 15 is 0 Å². The van der Waals surface area contributed by atoms with Gasteiger partial charge in [0.1, 0.15) is 18.1 Å². The van der Waals surface area contributed by atoms with Crippen molar-refractivity contribution in [1.29, 1.82) is 0 Å². The van der Waals surface area contributed by atoms with Gasteiger partial charge in [0.05, 0.1) is 11.1 Å². The fourth-order valence-electron chi connectivity index (χ4n) is 4.00. The minimum absolute atomic E-state index is 0.102. The molecule has 1 saturated heterocycles. The SMILES string of the molecule is COC[C@@H]1CCCN1CCOc1ccc(C#Cc2ncc(-c3ccc(Cl)cc3)cc2F)cc1Br. The minimum Gasteiger partial charge on any atom is -0.491 e. The molecular weight excluding hydrogens is 519 g/mol. The fraction of sp³-hybridized carbons (Fsp3) is 0.296. The number of hydrogen-bond donors (Lipinski definition) is 0. The first-order chi connectivity index (χ1) is 16.5. The van der Waals surface area contributed by atoms with Gasteiger partial charge in [-0.1, -0.05) is 29.7 Å². The molecule has 0 N–H and O–H groups in total. The lowest BCUT2D eigenvalue weighted by Crippen LogP contribution is -2.35. The summed E-state index contributed by atoms with van der Waals surface area (Å²) in [6.45, 7) is 3.30. The molecule has 0 bridgehead atoms. The number of pyridine rings is 1. The molecular formula is C27H25BrClFN2O2. The van der Waals surface area contributed by atoms with Crippen molar-refractivity contribution in [2.24, 2.45) is 0 Å². The van der Waals surface area contributed by atoms with Gasteiger partial charge in [-0.25, -0.2) is 9.37 Å². The molecule has 0 saturated carbocycles. The molecule has 2 aromatic carbocycles. The first-order valence-electron chi connectivity index (χ1n) is 11.1. The Morgan fingerprint density at radius 1 is 1.15 bits per heavy atom. The van der Waals surface area contributed by atoms with Crippen LogP contribution in [0.3, 0.4) is 0 Å². The highest BCUT2D eigenvalue weighted by Crippen LogP contribution is 2.26. The Hall–Kier alpha value is -2.43. The van der Waals surface area contributed by atoms with Gasteiger partial charge in [-0.2, -0.15) is 0 Å². The topological polar surface area (TPSA) is 34.6 Å². The lowest BCUT2D eigenvalue weighted by atomic mass is 10.1. The van der Waals surface area contributed by atoms with E-state index in [2.05, 4.69) is 37.7 Å². The summed E-state index contributed by atoms with van der Waals surface area (Å²) in [4.78, 5) is 6.61. The fourth-order valence-corrected chi connectivity index (χ4v) is 4.62. The quantitative estimate of drug-likeness (QED) is 0.333. The summed E-state index contributed by atoms with van der Waals surface area (Å²) in [7, 11) is 1.75. The molecule has 0 amide bonds. The Labute approximate surface area is 213 Å². The van der Waals surface area contributed by atoms with Gasteiger partial charge in [-0.05, 0) is 83.2 Å². The van der Waals surface area contributed by atoms with Crippen LogP contribution in [0, 0.1) is 17.7 Å². The Kier molecular flexibility index (Phi) is 8.58. The van der Waals surface area contributed by atoms with Crippen LogP contribution in [-0.2, 0) is 4.74 Å². The van der Waals surface area contributed by atoms with Crippen molar-refractivity contribution in [3.05, 3.63) is 81.3 Å². The predicted molar refractivity (Wildman–Crippen MR) is 137 cm³/mol. The first kappa shape index (κ1) is 24.7. The summed E-state index contributed by atoms with van der Waals surface area (Å²) in [5.41, 5.74) is 2.35. The van der Waals surface area contributed by atoms with Crippen LogP contribution in [0.15, 0.2) is 59.2 Å². The largest absolute Gasteiger partial charge is 0.491 e. The van der Waals surface area contributed by atoms with Crippen LogP contribution in [0.5, 0.6) is 5.75 Å². The third kappa shape index (κ3) is 6.37. The number of nitrogens with zero attached hydrogens (tertiary/aromatic N) is 2. The van der Waals surface area contributed by atoms with Crippen LogP contribution < -0.4 is 4.74 Å². The van der Waals surface area contributed by atoms with E-state index in [-0.39, 0.29) is 5.69 Å². The van der Waals surface area contributed by atoms with Crippen molar-refractivity contribution in [2.45, 2.75) is 18.9 Å². The molecule has 3 aromatic rings. The second-order valence-electron chi connectivity index (χ2n) is 8.09. The van der Waals surface area contributed by atoms with E-state index < -0.39 is 5.82 Å². The van der Waals surface area contributed by atoms with Crippen molar-refractivity contribution in [3.8, 4) is 28.7 Å². The normalized spacial score (nSPS) is 15.7. The maximum absolute atomic E-state index is 14.6. The lowest BCUT2D eigenvalue weighted by Gasteiger charge is -2.23. The molecule has 4 rings (SSSR count). The van der Waals surface area contributed by atoms with E-state index in [0.29, 0.717) is 23.2 Å². The van der Waals surface area contributed by atoms with Gasteiger partial charge in [0.25, 0.3) is 0 Å². The van der Waals surface area contributed by atoms with Crippen molar-refractivity contribution < 1.29 is 13.9 Å². The van der Waals surface area contributed by atoms with Gasteiger partial charge in [0, 0.05) is 42.0 Å². The molecule has 1 aliphatic rings. The zero-order valence-electron chi connectivity index (χ0n) is 18.9. The van der Waals surface area contributed by atoms with Crippen LogP contribution in [0.4, 0.5) is 4.39 Å². The smallest absolute Gasteiger partial charge is 0.158 e. The zero-order chi connectivity index (χ0) is 23.9. The Bertz CT molecular complexity index is 1190. The minimum atomic E-state index is -0.465. The van der Waals surface area contributed by atoms with Crippen LogP contribution in [0.25, 0.3) is 11.1 Å². The maximum atomic E-state index is 14.6. The molecule has 0 spiro atoms. The van der Waals surface area contributed by atoms with Gasteiger partial charge in [-0.15, -0.1) is 0 Å². The molecule has 7 heteroatoms. The van der Waals surface area contributed by atoms with Gasteiger partial charge < -0.3 is 9.47 Å². The number of aromatic nitrogens is 1. The highest BCUT2D eigenvalue weighted by molar-refractivity contribution is 9.10. The van der Waals surface area contributed by atoms with Crippen molar-refractivity contribution in [1.82, 2.24) is 9.88 Å². The number of hydrogen-bond acceptors (Lipinski definition) is 4. The summed E-state index contributed by atoms with van der Waals surface area (Å²) < 4.78 is 26.7. The average molecular weight is 544 g/mol. The molecule has 0 radical (unpaired) electrons. The monoisotopic (exact) mass is 542 g/mol. The van der Waals surface area contributed by atoms with Gasteiger partial charge in [0.2, 0.25) is 0 Å². The summed E-state index contributed by atoms with van der Waals surface area (Å²) in [5.74, 6) is 6.09. The number of halogens is 3. The lowest BCUT2D eigenvalue weighted by molar-refractivity contribution is 0.105. The molecule has 1 atom stereocenters. The molecule has 1 aliphatic heterocycles. The number of benzene rings is 2. The van der Waals surface area contributed by atoms with Crippen LogP contribution in [0.1, 0.15) is 24.1 Å². The Morgan fingerprint density at radius 3 is 2.71 bits per heavy atom. The molecule has 2 heterocycles. The Balaban J connectivity index is 1.37. The van der Waals surface area contributed by atoms with Gasteiger partial charge in [0.15, 0.2) is 5.82 Å². The standard InChI is InChI=1S/C27H25BrClFN2O2/c1-33-18-23-3-2-12-32(23)13-14-34-27-11-5-19(15-24(27)28)4-10-26-25(30)16-21(17-31-26)20-6-8-22(29)9-7-20/h5-9,11,15-17,23H,2-3,12-14,18H2,1H3/t23-/m0/s1. The molecule has 0 aliphatic carbocycles. The third-order valence-corrected chi connectivity index (χ3v) is 6.64. The first-order valence-corrected chi connectivity index (χ1v) is 12.3. The second kappa shape index (κ2) is 11.8.